The molecule has 1 aromatic rings. The average Bonchev–Trinajstić information content (AvgIpc) is 2.46. The number of carboxylic acid groups (broad SMARTS) is 1. The van der Waals surface area contributed by atoms with Crippen molar-refractivity contribution in [1.29, 1.82) is 0 Å². The second-order valence-electron chi connectivity index (χ2n) is 4.74. The first-order valence-electron chi connectivity index (χ1n) is 6.79. The minimum atomic E-state index is -1.19. The molecular formula is C15H21ClO5. The van der Waals surface area contributed by atoms with Gasteiger partial charge in [0.25, 0.3) is 0 Å². The first kappa shape index (κ1) is 17.6. The summed E-state index contributed by atoms with van der Waals surface area (Å²) in [5.74, 6) is -1.23. The van der Waals surface area contributed by atoms with Crippen molar-refractivity contribution < 1.29 is 24.5 Å². The predicted molar refractivity (Wildman–Crippen MR) is 80.2 cm³/mol. The van der Waals surface area contributed by atoms with Crippen LogP contribution in [0.5, 0.6) is 11.5 Å². The second kappa shape index (κ2) is 8.10. The van der Waals surface area contributed by atoms with Gasteiger partial charge < -0.3 is 19.7 Å². The molecule has 0 bridgehead atoms. The van der Waals surface area contributed by atoms with Crippen molar-refractivity contribution in [3.05, 3.63) is 22.7 Å². The van der Waals surface area contributed by atoms with E-state index in [1.54, 1.807) is 12.1 Å². The lowest BCUT2D eigenvalue weighted by Gasteiger charge is -2.22. The lowest BCUT2D eigenvalue weighted by Crippen LogP contribution is -2.22. The van der Waals surface area contributed by atoms with E-state index in [9.17, 15) is 15.0 Å². The topological polar surface area (TPSA) is 76.0 Å². The van der Waals surface area contributed by atoms with Crippen LogP contribution in [0.2, 0.25) is 5.02 Å². The van der Waals surface area contributed by atoms with Crippen LogP contribution < -0.4 is 9.47 Å². The molecule has 1 aromatic carbocycles. The Balaban J connectivity index is 3.15. The third kappa shape index (κ3) is 4.02. The normalized spacial score (nSPS) is 13.6. The number of aliphatic hydroxyl groups is 1. The summed E-state index contributed by atoms with van der Waals surface area (Å²) in [7, 11) is 2.91. The van der Waals surface area contributed by atoms with Crippen LogP contribution in [-0.2, 0) is 4.79 Å². The van der Waals surface area contributed by atoms with Gasteiger partial charge in [0.05, 0.1) is 31.3 Å². The van der Waals surface area contributed by atoms with E-state index in [-0.39, 0.29) is 10.8 Å². The van der Waals surface area contributed by atoms with Gasteiger partial charge in [0, 0.05) is 5.56 Å². The summed E-state index contributed by atoms with van der Waals surface area (Å²) in [6.07, 6.45) is 0.772. The molecule has 6 heteroatoms. The molecule has 2 atom stereocenters. The second-order valence-corrected chi connectivity index (χ2v) is 5.11. The van der Waals surface area contributed by atoms with Gasteiger partial charge >= 0.3 is 5.97 Å². The number of unbranched alkanes of at least 4 members (excludes halogenated alkanes) is 1. The third-order valence-corrected chi connectivity index (χ3v) is 3.79. The summed E-state index contributed by atoms with van der Waals surface area (Å²) in [5.41, 5.74) is 0.331. The zero-order valence-corrected chi connectivity index (χ0v) is 13.2. The van der Waals surface area contributed by atoms with Gasteiger partial charge in [-0.1, -0.05) is 37.4 Å². The first-order chi connectivity index (χ1) is 9.97. The average molecular weight is 317 g/mol. The van der Waals surface area contributed by atoms with Crippen LogP contribution in [0, 0.1) is 5.92 Å². The molecule has 0 heterocycles. The van der Waals surface area contributed by atoms with Crippen molar-refractivity contribution in [3.8, 4) is 11.5 Å². The summed E-state index contributed by atoms with van der Waals surface area (Å²) < 4.78 is 10.3. The maximum Gasteiger partial charge on any atom is 0.309 e. The molecule has 0 fully saturated rings. The molecule has 2 N–H and O–H groups in total. The SMILES string of the molecule is CCCCC(C(=O)O)C(O)c1ccc(OC)c(OC)c1Cl. The van der Waals surface area contributed by atoms with Crippen LogP contribution in [-0.4, -0.2) is 30.4 Å². The molecule has 5 nitrogen and oxygen atoms in total. The molecule has 1 rings (SSSR count). The number of benzene rings is 1. The molecule has 0 aliphatic rings. The van der Waals surface area contributed by atoms with Crippen molar-refractivity contribution >= 4 is 17.6 Å². The lowest BCUT2D eigenvalue weighted by atomic mass is 9.91. The van der Waals surface area contributed by atoms with E-state index in [4.69, 9.17) is 21.1 Å². The summed E-state index contributed by atoms with van der Waals surface area (Å²) in [5, 5.41) is 19.8. The van der Waals surface area contributed by atoms with Gasteiger partial charge in [0.15, 0.2) is 11.5 Å². The van der Waals surface area contributed by atoms with Gasteiger partial charge in [0.1, 0.15) is 0 Å². The first-order valence-corrected chi connectivity index (χ1v) is 7.16. The van der Waals surface area contributed by atoms with Crippen LogP contribution in [0.1, 0.15) is 37.9 Å². The van der Waals surface area contributed by atoms with Crippen molar-refractivity contribution in [3.63, 3.8) is 0 Å². The molecule has 0 amide bonds. The number of carboxylic acids is 1. The summed E-state index contributed by atoms with van der Waals surface area (Å²) in [6.45, 7) is 1.97. The van der Waals surface area contributed by atoms with E-state index in [0.29, 0.717) is 17.7 Å². The summed E-state index contributed by atoms with van der Waals surface area (Å²) >= 11 is 6.21. The molecule has 118 valence electrons. The van der Waals surface area contributed by atoms with E-state index >= 15 is 0 Å². The van der Waals surface area contributed by atoms with Crippen molar-refractivity contribution in [2.24, 2.45) is 5.92 Å². The molecule has 0 radical (unpaired) electrons. The number of methoxy groups -OCH3 is 2. The standard InChI is InChI=1S/C15H21ClO5/c1-4-5-6-10(15(18)19)13(17)9-7-8-11(20-2)14(21-3)12(9)16/h7-8,10,13,17H,4-6H2,1-3H3,(H,18,19). The van der Waals surface area contributed by atoms with Crippen LogP contribution in [0.4, 0.5) is 0 Å². The maximum absolute atomic E-state index is 11.3. The Labute approximate surface area is 129 Å². The summed E-state index contributed by atoms with van der Waals surface area (Å²) in [6, 6.07) is 3.16. The Bertz CT molecular complexity index is 489. The van der Waals surface area contributed by atoms with Crippen molar-refractivity contribution in [2.45, 2.75) is 32.3 Å². The van der Waals surface area contributed by atoms with Crippen molar-refractivity contribution in [1.82, 2.24) is 0 Å². The molecule has 0 aliphatic heterocycles. The Morgan fingerprint density at radius 3 is 2.48 bits per heavy atom. The zero-order chi connectivity index (χ0) is 16.0. The van der Waals surface area contributed by atoms with Gasteiger partial charge in [0.2, 0.25) is 0 Å². The number of halogens is 1. The van der Waals surface area contributed by atoms with Crippen LogP contribution in [0.25, 0.3) is 0 Å². The Morgan fingerprint density at radius 1 is 1.33 bits per heavy atom. The Hall–Kier alpha value is -1.46. The fourth-order valence-corrected chi connectivity index (χ4v) is 2.54. The number of aliphatic hydroxyl groups excluding tert-OH is 1. The van der Waals surface area contributed by atoms with E-state index in [1.165, 1.54) is 14.2 Å². The van der Waals surface area contributed by atoms with Gasteiger partial charge in [-0.3, -0.25) is 4.79 Å². The highest BCUT2D eigenvalue weighted by atomic mass is 35.5. The smallest absolute Gasteiger partial charge is 0.309 e. The fourth-order valence-electron chi connectivity index (χ4n) is 2.19. The van der Waals surface area contributed by atoms with Crippen LogP contribution >= 0.6 is 11.6 Å². The minimum Gasteiger partial charge on any atom is -0.493 e. The molecule has 0 spiro atoms. The van der Waals surface area contributed by atoms with Gasteiger partial charge in [-0.2, -0.15) is 0 Å². The van der Waals surface area contributed by atoms with E-state index in [0.717, 1.165) is 12.8 Å². The van der Waals surface area contributed by atoms with Gasteiger partial charge in [-0.15, -0.1) is 0 Å². The number of hydrogen-bond donors (Lipinski definition) is 2. The molecule has 21 heavy (non-hydrogen) atoms. The third-order valence-electron chi connectivity index (χ3n) is 3.40. The van der Waals surface area contributed by atoms with E-state index in [1.807, 2.05) is 6.92 Å². The predicted octanol–water partition coefficient (Wildman–Crippen LogP) is 3.28. The van der Waals surface area contributed by atoms with Crippen molar-refractivity contribution in [2.75, 3.05) is 14.2 Å². The monoisotopic (exact) mass is 316 g/mol. The highest BCUT2D eigenvalue weighted by Crippen LogP contribution is 2.41. The minimum absolute atomic E-state index is 0.173. The Kier molecular flexibility index (Phi) is 6.78. The summed E-state index contributed by atoms with van der Waals surface area (Å²) in [4.78, 5) is 11.3. The highest BCUT2D eigenvalue weighted by molar-refractivity contribution is 6.33. The quantitative estimate of drug-likeness (QED) is 0.769. The zero-order valence-electron chi connectivity index (χ0n) is 12.4. The maximum atomic E-state index is 11.3. The highest BCUT2D eigenvalue weighted by Gasteiger charge is 2.30. The molecule has 2 unspecified atom stereocenters. The van der Waals surface area contributed by atoms with Crippen LogP contribution in [0.15, 0.2) is 12.1 Å². The molecular weight excluding hydrogens is 296 g/mol. The number of ether oxygens (including phenoxy) is 2. The van der Waals surface area contributed by atoms with Crippen LogP contribution in [0.3, 0.4) is 0 Å². The number of carbonyl (C=O) groups is 1. The lowest BCUT2D eigenvalue weighted by molar-refractivity contribution is -0.146. The fraction of sp³-hybridized carbons (Fsp3) is 0.533. The molecule has 0 aliphatic carbocycles. The number of aliphatic carboxylic acids is 1. The molecule has 0 aromatic heterocycles. The Morgan fingerprint density at radius 2 is 2.00 bits per heavy atom. The van der Waals surface area contributed by atoms with E-state index in [2.05, 4.69) is 0 Å². The largest absolute Gasteiger partial charge is 0.493 e. The van der Waals surface area contributed by atoms with E-state index < -0.39 is 18.0 Å². The number of hydrogen-bond acceptors (Lipinski definition) is 4. The van der Waals surface area contributed by atoms with Gasteiger partial charge in [-0.25, -0.2) is 0 Å². The molecule has 0 saturated heterocycles. The molecule has 0 saturated carbocycles. The van der Waals surface area contributed by atoms with Gasteiger partial charge in [-0.05, 0) is 12.5 Å². The number of rotatable bonds is 8.